The second kappa shape index (κ2) is 27.9. The van der Waals surface area contributed by atoms with E-state index >= 15 is 0 Å². The predicted molar refractivity (Wildman–Crippen MR) is 515 cm³/mol. The summed E-state index contributed by atoms with van der Waals surface area (Å²) in [6.07, 6.45) is 0. The van der Waals surface area contributed by atoms with Gasteiger partial charge in [-0.05, 0) is 195 Å². The van der Waals surface area contributed by atoms with Crippen molar-refractivity contribution >= 4 is 120 Å². The lowest BCUT2D eigenvalue weighted by Gasteiger charge is -2.44. The SMILES string of the molecule is CC1(C)c2ccccc2N(c2ccc3c(c2)Sc2nc4ccccc4n2C3(C)C)c2ccccc21.CC1(C)c2ccccc2N(c2ccc3c(c2)Sc2nc4ccccc4n2C3(c2ccccc2)c2ccccc2)c2ccccc21.CC1(C)c2ccccc2N(c2ccc3c(c2)Sc2nc4ccccc4n2C32c3ccccc3-c3ccccc32)c2ccccc21. The Hall–Kier alpha value is -13.6. The van der Waals surface area contributed by atoms with E-state index in [0.29, 0.717) is 0 Å². The van der Waals surface area contributed by atoms with Crippen molar-refractivity contribution in [2.45, 2.75) is 118 Å². The van der Waals surface area contributed by atoms with Gasteiger partial charge in [0.2, 0.25) is 0 Å². The highest BCUT2D eigenvalue weighted by molar-refractivity contribution is 7.99. The summed E-state index contributed by atoms with van der Waals surface area (Å²) in [5.74, 6) is 0. The molecule has 12 heteroatoms. The van der Waals surface area contributed by atoms with Crippen molar-refractivity contribution in [2.75, 3.05) is 14.7 Å². The number of imidazole rings is 3. The molecule has 0 amide bonds. The van der Waals surface area contributed by atoms with E-state index in [1.807, 2.05) is 0 Å². The molecule has 1 aliphatic carbocycles. The average Bonchev–Trinajstić information content (AvgIpc) is 1.49. The summed E-state index contributed by atoms with van der Waals surface area (Å²) in [5.41, 5.74) is 35.5. The Bertz CT molecular complexity index is 7190. The second-order valence-electron chi connectivity index (χ2n) is 35.8. The molecule has 0 bridgehead atoms. The molecule has 0 saturated carbocycles. The molecule has 0 atom stereocenters. The van der Waals surface area contributed by atoms with Crippen molar-refractivity contribution in [3.63, 3.8) is 0 Å². The van der Waals surface area contributed by atoms with Gasteiger partial charge in [-0.15, -0.1) is 0 Å². The zero-order valence-electron chi connectivity index (χ0n) is 70.6. The second-order valence-corrected chi connectivity index (χ2v) is 38.8. The normalized spacial score (nSPS) is 16.1. The lowest BCUT2D eigenvalue weighted by Crippen LogP contribution is -2.40. The molecule has 26 rings (SSSR count). The van der Waals surface area contributed by atoms with Crippen LogP contribution in [-0.2, 0) is 32.9 Å². The molecular formula is C113H87N9S3. The third-order valence-corrected chi connectivity index (χ3v) is 30.8. The fraction of sp³-hybridized carbons (Fsp3) is 0.124. The van der Waals surface area contributed by atoms with Gasteiger partial charge in [0.25, 0.3) is 0 Å². The number of anilines is 9. The van der Waals surface area contributed by atoms with Crippen LogP contribution in [0.15, 0.2) is 412 Å². The largest absolute Gasteiger partial charge is 0.310 e. The van der Waals surface area contributed by atoms with Crippen LogP contribution in [0.5, 0.6) is 0 Å². The smallest absolute Gasteiger partial charge is 0.175 e. The number of benzene rings is 16. The topological polar surface area (TPSA) is 63.2 Å². The Balaban J connectivity index is 0.000000106. The minimum absolute atomic E-state index is 0.0561. The fourth-order valence-corrected chi connectivity index (χ4v) is 25.8. The van der Waals surface area contributed by atoms with Crippen LogP contribution in [-0.4, -0.2) is 28.7 Å². The summed E-state index contributed by atoms with van der Waals surface area (Å²) in [6.45, 7) is 18.6. The lowest BCUT2D eigenvalue weighted by molar-refractivity contribution is 0.402. The van der Waals surface area contributed by atoms with Crippen molar-refractivity contribution < 1.29 is 0 Å². The third kappa shape index (κ3) is 10.8. The van der Waals surface area contributed by atoms with E-state index in [4.69, 9.17) is 15.0 Å². The van der Waals surface area contributed by atoms with Gasteiger partial charge in [-0.3, -0.25) is 9.13 Å². The first-order valence-electron chi connectivity index (χ1n) is 43.2. The van der Waals surface area contributed by atoms with Crippen LogP contribution < -0.4 is 14.7 Å². The highest BCUT2D eigenvalue weighted by Gasteiger charge is 2.53. The fourth-order valence-electron chi connectivity index (χ4n) is 22.0. The van der Waals surface area contributed by atoms with Crippen LogP contribution in [0.1, 0.15) is 128 Å². The van der Waals surface area contributed by atoms with Gasteiger partial charge in [0.1, 0.15) is 11.1 Å². The molecule has 0 N–H and O–H groups in total. The molecule has 9 heterocycles. The Morgan fingerprint density at radius 1 is 0.216 bits per heavy atom. The quantitative estimate of drug-likeness (QED) is 0.168. The zero-order valence-corrected chi connectivity index (χ0v) is 73.1. The van der Waals surface area contributed by atoms with Crippen molar-refractivity contribution in [2.24, 2.45) is 0 Å². The van der Waals surface area contributed by atoms with Gasteiger partial charge in [-0.2, -0.15) is 0 Å². The monoisotopic (exact) mass is 1670 g/mol. The maximum absolute atomic E-state index is 5.26. The molecule has 1 spiro atoms. The Labute approximate surface area is 741 Å². The van der Waals surface area contributed by atoms with E-state index in [0.717, 1.165) is 54.4 Å². The number of aromatic nitrogens is 6. The lowest BCUT2D eigenvalue weighted by atomic mass is 9.73. The maximum atomic E-state index is 5.26. The van der Waals surface area contributed by atoms with Gasteiger partial charge in [0, 0.05) is 59.1 Å². The van der Waals surface area contributed by atoms with Gasteiger partial charge in [-0.25, -0.2) is 15.0 Å². The third-order valence-electron chi connectivity index (χ3n) is 27.7. The van der Waals surface area contributed by atoms with Gasteiger partial charge >= 0.3 is 0 Å². The van der Waals surface area contributed by atoms with Gasteiger partial charge in [0.05, 0.1) is 72.8 Å². The molecule has 0 unspecified atom stereocenters. The summed E-state index contributed by atoms with van der Waals surface area (Å²) in [6, 6.07) is 140. The summed E-state index contributed by atoms with van der Waals surface area (Å²) in [4.78, 5) is 26.6. The van der Waals surface area contributed by atoms with Crippen LogP contribution in [0.3, 0.4) is 0 Å². The molecule has 16 aromatic carbocycles. The molecule has 125 heavy (non-hydrogen) atoms. The number of fused-ring (bicyclic) bond motifs is 25. The number of para-hydroxylation sites is 12. The van der Waals surface area contributed by atoms with Gasteiger partial charge in [-0.1, -0.05) is 350 Å². The van der Waals surface area contributed by atoms with E-state index < -0.39 is 11.1 Å². The highest BCUT2D eigenvalue weighted by Crippen LogP contribution is 2.64. The standard InChI is InChI=1S/C41H29N3S.C41H31N3S.C31H27N3S/c1-40(2)31-17-7-10-20-35(31)43(36-21-11-8-18-32(36)40)26-23-24-33-38(25-26)45-39-42-34-19-9-12-22-37(34)44(39)41(33)29-15-5-3-13-27(29)28-14-4-6-16-30(28)41;1-40(2)31-19-9-12-22-35(31)43(36-23-13-10-20-32(36)40)30-25-26-33-38(27-30)45-39-42-34-21-11-14-24-37(34)44(39)41(33,28-15-5-3-6-16-28)29-17-7-4-8-18-29;1-30(2)21-11-5-8-14-25(21)33(26-15-9-6-12-22(26)30)20-17-18-23-28(19-20)35-29-32-24-13-7-10-16-27(24)34(29)31(23,3)4/h3-25H,1-2H3;3-27H,1-2H3;5-19H,1-4H3. The summed E-state index contributed by atoms with van der Waals surface area (Å²) in [7, 11) is 0. The van der Waals surface area contributed by atoms with Crippen molar-refractivity contribution in [1.82, 2.24) is 28.7 Å². The Kier molecular flexibility index (Phi) is 16.8. The molecular weight excluding hydrogens is 1580 g/mol. The van der Waals surface area contributed by atoms with Crippen molar-refractivity contribution in [3.8, 4) is 11.1 Å². The van der Waals surface area contributed by atoms with E-state index in [-0.39, 0.29) is 21.8 Å². The Morgan fingerprint density at radius 3 is 0.824 bits per heavy atom. The minimum atomic E-state index is -0.604. The minimum Gasteiger partial charge on any atom is -0.310 e. The zero-order chi connectivity index (χ0) is 84.0. The molecule has 7 aliphatic rings. The number of hydrogen-bond donors (Lipinski definition) is 0. The van der Waals surface area contributed by atoms with Crippen LogP contribution in [0.2, 0.25) is 0 Å². The summed E-state index contributed by atoms with van der Waals surface area (Å²) in [5, 5.41) is 3.07. The first-order chi connectivity index (χ1) is 61.0. The van der Waals surface area contributed by atoms with E-state index in [9.17, 15) is 0 Å². The molecule has 3 aromatic heterocycles. The van der Waals surface area contributed by atoms with Crippen LogP contribution in [0.4, 0.5) is 51.2 Å². The highest BCUT2D eigenvalue weighted by atomic mass is 32.2. The number of rotatable bonds is 5. The maximum Gasteiger partial charge on any atom is 0.175 e. The van der Waals surface area contributed by atoms with Crippen molar-refractivity contribution in [3.05, 3.63) is 455 Å². The molecule has 0 saturated heterocycles. The molecule has 6 aliphatic heterocycles. The van der Waals surface area contributed by atoms with Crippen LogP contribution in [0, 0.1) is 0 Å². The molecule has 602 valence electrons. The molecule has 0 fully saturated rings. The predicted octanol–water partition coefficient (Wildman–Crippen LogP) is 29.3. The first-order valence-corrected chi connectivity index (χ1v) is 45.7. The van der Waals surface area contributed by atoms with Crippen LogP contribution >= 0.6 is 35.3 Å². The molecule has 0 radical (unpaired) electrons. The van der Waals surface area contributed by atoms with E-state index in [1.165, 1.54) is 143 Å². The summed E-state index contributed by atoms with van der Waals surface area (Å²) < 4.78 is 7.37. The number of nitrogens with zero attached hydrogens (tertiary/aromatic N) is 9. The van der Waals surface area contributed by atoms with Crippen molar-refractivity contribution in [1.29, 1.82) is 0 Å². The Morgan fingerprint density at radius 2 is 0.472 bits per heavy atom. The number of hydrogen-bond acceptors (Lipinski definition) is 9. The molecule has 9 nitrogen and oxygen atoms in total. The van der Waals surface area contributed by atoms with Gasteiger partial charge < -0.3 is 19.3 Å². The van der Waals surface area contributed by atoms with E-state index in [1.54, 1.807) is 35.3 Å². The molecule has 19 aromatic rings. The first kappa shape index (κ1) is 75.1. The van der Waals surface area contributed by atoms with Crippen LogP contribution in [0.25, 0.3) is 44.2 Å². The van der Waals surface area contributed by atoms with E-state index in [2.05, 4.69) is 466 Å². The summed E-state index contributed by atoms with van der Waals surface area (Å²) >= 11 is 5.33. The van der Waals surface area contributed by atoms with Gasteiger partial charge in [0.15, 0.2) is 15.5 Å². The average molecular weight is 1670 g/mol.